The highest BCUT2D eigenvalue weighted by molar-refractivity contribution is 6.72. The standard InChI is InChI=1S/C25H39F2NO3Si/c1-6-12-23(26)31-25(29)22-16-20(18-30-32(4,5)24(27)13-7-2)21(8-3)28(22)17-19-14-10-9-11-15-19/h8-11,14-15,20-24H,3,6-7,12-13,16-18H2,1-2,4-5H3/t20-,21-,22+,23?,24?/m0/s1. The van der Waals surface area contributed by atoms with Crippen molar-refractivity contribution in [2.24, 2.45) is 5.92 Å². The van der Waals surface area contributed by atoms with E-state index in [0.717, 1.165) is 12.0 Å². The van der Waals surface area contributed by atoms with Crippen molar-refractivity contribution < 1.29 is 22.7 Å². The number of hydrogen-bond donors (Lipinski definition) is 0. The van der Waals surface area contributed by atoms with Crippen molar-refractivity contribution in [3.63, 3.8) is 0 Å². The lowest BCUT2D eigenvalue weighted by molar-refractivity contribution is -0.164. The molecule has 1 aliphatic rings. The number of carbonyl (C=O) groups excluding carboxylic acids is 1. The zero-order valence-corrected chi connectivity index (χ0v) is 20.9. The third-order valence-electron chi connectivity index (χ3n) is 6.24. The Morgan fingerprint density at radius 3 is 2.47 bits per heavy atom. The molecule has 1 aliphatic heterocycles. The Bertz CT molecular complexity index is 718. The summed E-state index contributed by atoms with van der Waals surface area (Å²) in [4.78, 5) is 14.9. The first-order valence-electron chi connectivity index (χ1n) is 11.8. The number of nitrogens with zero attached hydrogens (tertiary/aromatic N) is 1. The van der Waals surface area contributed by atoms with Crippen LogP contribution in [0.15, 0.2) is 43.0 Å². The largest absolute Gasteiger partial charge is 0.430 e. The van der Waals surface area contributed by atoms with Crippen LogP contribution in [0.2, 0.25) is 13.1 Å². The van der Waals surface area contributed by atoms with E-state index in [-0.39, 0.29) is 18.4 Å². The highest BCUT2D eigenvalue weighted by Gasteiger charge is 2.45. The van der Waals surface area contributed by atoms with Gasteiger partial charge in [-0.3, -0.25) is 9.69 Å². The van der Waals surface area contributed by atoms with Gasteiger partial charge >= 0.3 is 5.97 Å². The molecule has 0 bridgehead atoms. The highest BCUT2D eigenvalue weighted by atomic mass is 28.4. The Morgan fingerprint density at radius 2 is 1.88 bits per heavy atom. The second kappa shape index (κ2) is 12.6. The molecule has 0 spiro atoms. The van der Waals surface area contributed by atoms with Crippen LogP contribution in [0.1, 0.15) is 51.5 Å². The number of benzene rings is 1. The lowest BCUT2D eigenvalue weighted by atomic mass is 10.00. The molecule has 0 aliphatic carbocycles. The maximum absolute atomic E-state index is 14.6. The molecule has 4 nitrogen and oxygen atoms in total. The summed E-state index contributed by atoms with van der Waals surface area (Å²) in [5.41, 5.74) is 1.05. The van der Waals surface area contributed by atoms with E-state index in [0.29, 0.717) is 32.4 Å². The monoisotopic (exact) mass is 467 g/mol. The van der Waals surface area contributed by atoms with Gasteiger partial charge < -0.3 is 9.16 Å². The molecule has 2 rings (SSSR count). The number of alkyl halides is 2. The molecule has 0 aromatic heterocycles. The van der Waals surface area contributed by atoms with Gasteiger partial charge in [-0.1, -0.05) is 56.7 Å². The van der Waals surface area contributed by atoms with E-state index in [1.54, 1.807) is 0 Å². The molecule has 0 amide bonds. The smallest absolute Gasteiger partial charge is 0.325 e. The fourth-order valence-electron chi connectivity index (χ4n) is 4.28. The molecule has 1 fully saturated rings. The Kier molecular flexibility index (Phi) is 10.5. The van der Waals surface area contributed by atoms with Gasteiger partial charge in [0.25, 0.3) is 0 Å². The first-order valence-corrected chi connectivity index (χ1v) is 14.8. The first-order chi connectivity index (χ1) is 15.2. The summed E-state index contributed by atoms with van der Waals surface area (Å²) in [6.45, 7) is 12.5. The third kappa shape index (κ3) is 7.22. The minimum atomic E-state index is -2.52. The summed E-state index contributed by atoms with van der Waals surface area (Å²) in [6.07, 6.45) is 2.74. The number of halogens is 2. The molecule has 7 heteroatoms. The van der Waals surface area contributed by atoms with Gasteiger partial charge in [0.2, 0.25) is 14.7 Å². The van der Waals surface area contributed by atoms with E-state index in [2.05, 4.69) is 6.58 Å². The average molecular weight is 468 g/mol. The van der Waals surface area contributed by atoms with E-state index < -0.39 is 32.5 Å². The third-order valence-corrected chi connectivity index (χ3v) is 8.95. The number of rotatable bonds is 13. The Morgan fingerprint density at radius 1 is 1.22 bits per heavy atom. The normalized spacial score (nSPS) is 23.6. The number of esters is 1. The highest BCUT2D eigenvalue weighted by Crippen LogP contribution is 2.35. The van der Waals surface area contributed by atoms with Crippen molar-refractivity contribution in [3.05, 3.63) is 48.6 Å². The van der Waals surface area contributed by atoms with Crippen LogP contribution in [0.4, 0.5) is 8.78 Å². The fraction of sp³-hybridized carbons (Fsp3) is 0.640. The van der Waals surface area contributed by atoms with Crippen LogP contribution < -0.4 is 0 Å². The molecule has 32 heavy (non-hydrogen) atoms. The van der Waals surface area contributed by atoms with Gasteiger partial charge in [-0.2, -0.15) is 0 Å². The minimum absolute atomic E-state index is 0.0430. The maximum atomic E-state index is 14.6. The maximum Gasteiger partial charge on any atom is 0.325 e. The molecular weight excluding hydrogens is 428 g/mol. The average Bonchev–Trinajstić information content (AvgIpc) is 3.10. The van der Waals surface area contributed by atoms with Crippen molar-refractivity contribution in [1.82, 2.24) is 4.90 Å². The van der Waals surface area contributed by atoms with Crippen LogP contribution in [0.5, 0.6) is 0 Å². The topological polar surface area (TPSA) is 38.8 Å². The predicted octanol–water partition coefficient (Wildman–Crippen LogP) is 5.97. The fourth-order valence-corrected chi connectivity index (χ4v) is 6.09. The minimum Gasteiger partial charge on any atom is -0.430 e. The van der Waals surface area contributed by atoms with Gasteiger partial charge in [0, 0.05) is 31.5 Å². The molecule has 0 radical (unpaired) electrons. The molecule has 0 N–H and O–H groups in total. The molecule has 1 aromatic carbocycles. The van der Waals surface area contributed by atoms with E-state index in [1.807, 2.05) is 68.2 Å². The Labute approximate surface area is 193 Å². The molecule has 180 valence electrons. The van der Waals surface area contributed by atoms with Gasteiger partial charge in [-0.05, 0) is 37.9 Å². The summed E-state index contributed by atoms with van der Waals surface area (Å²) in [7, 11) is -2.52. The number of hydrogen-bond acceptors (Lipinski definition) is 4. The van der Waals surface area contributed by atoms with Crippen LogP contribution in [-0.2, 0) is 20.5 Å². The second-order valence-electron chi connectivity index (χ2n) is 9.20. The molecule has 1 saturated heterocycles. The van der Waals surface area contributed by atoms with E-state index in [4.69, 9.17) is 9.16 Å². The predicted molar refractivity (Wildman–Crippen MR) is 127 cm³/mol. The van der Waals surface area contributed by atoms with Crippen molar-refractivity contribution in [3.8, 4) is 0 Å². The number of likely N-dealkylation sites (tertiary alicyclic amines) is 1. The lowest BCUT2D eigenvalue weighted by Crippen LogP contribution is -2.44. The molecule has 2 unspecified atom stereocenters. The number of ether oxygens (including phenoxy) is 1. The summed E-state index contributed by atoms with van der Waals surface area (Å²) < 4.78 is 40.0. The first kappa shape index (κ1) is 26.7. The number of carbonyl (C=O) groups is 1. The molecule has 1 aromatic rings. The summed E-state index contributed by atoms with van der Waals surface area (Å²) in [5.74, 6) is -1.53. The van der Waals surface area contributed by atoms with Crippen LogP contribution in [0.3, 0.4) is 0 Å². The van der Waals surface area contributed by atoms with Gasteiger partial charge in [-0.25, -0.2) is 8.78 Å². The molecule has 0 saturated carbocycles. The van der Waals surface area contributed by atoms with Crippen LogP contribution in [0, 0.1) is 5.92 Å². The van der Waals surface area contributed by atoms with Gasteiger partial charge in [0.15, 0.2) is 0 Å². The Balaban J connectivity index is 2.18. The van der Waals surface area contributed by atoms with E-state index in [9.17, 15) is 13.6 Å². The summed E-state index contributed by atoms with van der Waals surface area (Å²) in [6, 6.07) is 9.09. The van der Waals surface area contributed by atoms with Crippen molar-refractivity contribution >= 4 is 14.3 Å². The van der Waals surface area contributed by atoms with Gasteiger partial charge in [0.1, 0.15) is 11.8 Å². The van der Waals surface area contributed by atoms with Crippen molar-refractivity contribution in [2.45, 2.75) is 89.8 Å². The quantitative estimate of drug-likeness (QED) is 0.204. The van der Waals surface area contributed by atoms with E-state index in [1.165, 1.54) is 0 Å². The van der Waals surface area contributed by atoms with Gasteiger partial charge in [-0.15, -0.1) is 6.58 Å². The summed E-state index contributed by atoms with van der Waals surface area (Å²) in [5, 5.41) is 0. The molecule has 1 heterocycles. The summed E-state index contributed by atoms with van der Waals surface area (Å²) >= 11 is 0. The zero-order chi connectivity index (χ0) is 23.7. The molecule has 5 atom stereocenters. The lowest BCUT2D eigenvalue weighted by Gasteiger charge is -2.31. The SMILES string of the molecule is C=C[C@H]1[C@H](CO[Si](C)(C)C(F)CCC)C[C@H](C(=O)OC(F)CCC)N1Cc1ccccc1. The van der Waals surface area contributed by atoms with Crippen molar-refractivity contribution in [2.75, 3.05) is 6.61 Å². The molecular formula is C25H39F2NO3Si. The van der Waals surface area contributed by atoms with E-state index >= 15 is 0 Å². The van der Waals surface area contributed by atoms with Crippen LogP contribution in [0.25, 0.3) is 0 Å². The van der Waals surface area contributed by atoms with Gasteiger partial charge in [0.05, 0.1) is 0 Å². The zero-order valence-electron chi connectivity index (χ0n) is 19.9. The van der Waals surface area contributed by atoms with Crippen LogP contribution in [-0.4, -0.2) is 50.0 Å². The Hall–Kier alpha value is -1.57. The van der Waals surface area contributed by atoms with Crippen molar-refractivity contribution in [1.29, 1.82) is 0 Å². The second-order valence-corrected chi connectivity index (χ2v) is 13.3. The van der Waals surface area contributed by atoms with Crippen LogP contribution >= 0.6 is 0 Å².